The number of halogens is 1. The van der Waals surface area contributed by atoms with Crippen LogP contribution in [0.15, 0.2) is 36.4 Å². The van der Waals surface area contributed by atoms with Crippen LogP contribution in [0, 0.1) is 18.8 Å². The molecule has 39 heavy (non-hydrogen) atoms. The zero-order chi connectivity index (χ0) is 27.5. The number of nitrogens with one attached hydrogen (secondary N) is 2. The van der Waals surface area contributed by atoms with Gasteiger partial charge in [-0.1, -0.05) is 44.1 Å². The van der Waals surface area contributed by atoms with Crippen LogP contribution in [0.4, 0.5) is 11.4 Å². The molecule has 0 unspecified atom stereocenters. The number of aldehydes is 1. The summed E-state index contributed by atoms with van der Waals surface area (Å²) in [6.45, 7) is 7.31. The number of carbonyl (C=O) groups excluding carboxylic acids is 1. The second-order valence-electron chi connectivity index (χ2n) is 10.9. The van der Waals surface area contributed by atoms with E-state index in [-0.39, 0.29) is 5.92 Å². The van der Waals surface area contributed by atoms with E-state index in [9.17, 15) is 4.79 Å². The Morgan fingerprint density at radius 3 is 2.54 bits per heavy atom. The van der Waals surface area contributed by atoms with Crippen molar-refractivity contribution in [3.05, 3.63) is 64.2 Å². The van der Waals surface area contributed by atoms with Gasteiger partial charge in [0.05, 0.1) is 16.4 Å². The molecule has 1 saturated carbocycles. The second-order valence-corrected chi connectivity index (χ2v) is 12.2. The van der Waals surface area contributed by atoms with Gasteiger partial charge in [-0.2, -0.15) is 0 Å². The van der Waals surface area contributed by atoms with Crippen molar-refractivity contribution >= 4 is 42.9 Å². The Morgan fingerprint density at radius 2 is 1.85 bits per heavy atom. The van der Waals surface area contributed by atoms with Gasteiger partial charge < -0.3 is 20.0 Å². The van der Waals surface area contributed by atoms with Crippen molar-refractivity contribution in [3.63, 3.8) is 0 Å². The lowest BCUT2D eigenvalue weighted by molar-refractivity contribution is -0.112. The molecule has 0 atom stereocenters. The predicted molar refractivity (Wildman–Crippen MR) is 165 cm³/mol. The average Bonchev–Trinajstić information content (AvgIpc) is 3.28. The number of hydrogen-bond acceptors (Lipinski definition) is 4. The Balaban J connectivity index is 1.34. The molecule has 2 aromatic carbocycles. The van der Waals surface area contributed by atoms with Crippen LogP contribution in [0.1, 0.15) is 48.5 Å². The SMILES string of the molecule is CNc1cccc(-c2cccc(N/C(=P/C)c3nc4c(n3C)CCN(CC3CCC(C=O)CC3)C4)c2Cl)c1C. The minimum Gasteiger partial charge on any atom is -0.388 e. The van der Waals surface area contributed by atoms with Crippen molar-refractivity contribution in [1.82, 2.24) is 14.5 Å². The number of carbonyl (C=O) groups is 1. The Morgan fingerprint density at radius 1 is 1.13 bits per heavy atom. The van der Waals surface area contributed by atoms with Crippen LogP contribution in [0.25, 0.3) is 11.1 Å². The Labute approximate surface area is 239 Å². The molecule has 1 aromatic heterocycles. The zero-order valence-electron chi connectivity index (χ0n) is 23.4. The maximum Gasteiger partial charge on any atom is 0.161 e. The van der Waals surface area contributed by atoms with Crippen molar-refractivity contribution in [2.45, 2.75) is 45.6 Å². The Kier molecular flexibility index (Phi) is 8.76. The molecular formula is C31H39ClN5OP. The number of fused-ring (bicyclic) bond motifs is 1. The maximum atomic E-state index is 11.1. The summed E-state index contributed by atoms with van der Waals surface area (Å²) in [5.41, 5.74) is 8.86. The first-order chi connectivity index (χ1) is 18.9. The van der Waals surface area contributed by atoms with E-state index in [0.29, 0.717) is 10.9 Å². The summed E-state index contributed by atoms with van der Waals surface area (Å²) in [6.07, 6.45) is 6.58. The monoisotopic (exact) mass is 563 g/mol. The van der Waals surface area contributed by atoms with Crippen molar-refractivity contribution in [2.75, 3.05) is 37.4 Å². The minimum absolute atomic E-state index is 0.277. The van der Waals surface area contributed by atoms with E-state index in [1.807, 2.05) is 13.1 Å². The molecule has 5 rings (SSSR count). The summed E-state index contributed by atoms with van der Waals surface area (Å²) in [7, 11) is 5.18. The smallest absolute Gasteiger partial charge is 0.161 e. The average molecular weight is 564 g/mol. The maximum absolute atomic E-state index is 11.1. The number of hydrogen-bond donors (Lipinski definition) is 2. The van der Waals surface area contributed by atoms with E-state index in [0.717, 1.165) is 100.0 Å². The number of anilines is 2. The van der Waals surface area contributed by atoms with Gasteiger partial charge in [0.2, 0.25) is 0 Å². The minimum atomic E-state index is 0.277. The summed E-state index contributed by atoms with van der Waals surface area (Å²) >= 11 is 7.02. The number of benzene rings is 2. The van der Waals surface area contributed by atoms with E-state index in [1.54, 1.807) is 0 Å². The molecule has 2 heterocycles. The highest BCUT2D eigenvalue weighted by molar-refractivity contribution is 7.40. The first-order valence-electron chi connectivity index (χ1n) is 14.0. The van der Waals surface area contributed by atoms with Crippen LogP contribution >= 0.6 is 19.8 Å². The van der Waals surface area contributed by atoms with Crippen LogP contribution in [0.2, 0.25) is 5.02 Å². The molecule has 1 fully saturated rings. The molecule has 8 heteroatoms. The van der Waals surface area contributed by atoms with E-state index in [4.69, 9.17) is 16.6 Å². The van der Waals surface area contributed by atoms with Crippen molar-refractivity contribution < 1.29 is 4.79 Å². The highest BCUT2D eigenvalue weighted by atomic mass is 35.5. The van der Waals surface area contributed by atoms with Gasteiger partial charge >= 0.3 is 0 Å². The summed E-state index contributed by atoms with van der Waals surface area (Å²) in [6, 6.07) is 12.4. The van der Waals surface area contributed by atoms with Gasteiger partial charge in [0.15, 0.2) is 5.82 Å². The van der Waals surface area contributed by atoms with Gasteiger partial charge in [0.25, 0.3) is 0 Å². The number of nitrogens with zero attached hydrogens (tertiary/aromatic N) is 3. The molecule has 3 aromatic rings. The molecule has 6 nitrogen and oxygen atoms in total. The molecule has 0 amide bonds. The standard InChI is InChI=1S/C31H39ClN5OP/c1-20-23(7-5-9-25(20)33-2)24-8-6-10-26(29(24)32)35-31(39-4)30-34-27-18-37(16-15-28(27)36(30)3)17-21-11-13-22(19-38)14-12-21/h5-10,19,21-22,33,35H,11-18H2,1-4H3. The fourth-order valence-electron chi connectivity index (χ4n) is 6.20. The highest BCUT2D eigenvalue weighted by Gasteiger charge is 2.28. The zero-order valence-corrected chi connectivity index (χ0v) is 25.1. The fraction of sp³-hybridized carbons (Fsp3) is 0.452. The van der Waals surface area contributed by atoms with Crippen LogP contribution in [0.5, 0.6) is 0 Å². The van der Waals surface area contributed by atoms with Gasteiger partial charge in [-0.15, -0.1) is 0 Å². The van der Waals surface area contributed by atoms with E-state index in [1.165, 1.54) is 17.0 Å². The van der Waals surface area contributed by atoms with Crippen LogP contribution < -0.4 is 10.6 Å². The van der Waals surface area contributed by atoms with E-state index < -0.39 is 0 Å². The molecule has 2 N–H and O–H groups in total. The molecule has 0 bridgehead atoms. The van der Waals surface area contributed by atoms with Gasteiger partial charge in [-0.25, -0.2) is 4.98 Å². The largest absolute Gasteiger partial charge is 0.388 e. The molecule has 2 aliphatic rings. The fourth-order valence-corrected chi connectivity index (χ4v) is 7.10. The van der Waals surface area contributed by atoms with Crippen LogP contribution in [-0.2, 0) is 24.8 Å². The topological polar surface area (TPSA) is 62.2 Å². The normalized spacial score (nSPS) is 20.0. The van der Waals surface area contributed by atoms with E-state index in [2.05, 4.69) is 71.1 Å². The van der Waals surface area contributed by atoms with Gasteiger partial charge in [0, 0.05) is 63.0 Å². The Hall–Kier alpha value is -2.66. The first kappa shape index (κ1) is 27.9. The molecule has 206 valence electrons. The molecule has 0 saturated heterocycles. The second kappa shape index (κ2) is 12.2. The summed E-state index contributed by atoms with van der Waals surface area (Å²) in [5, 5.41) is 7.62. The number of rotatable bonds is 8. The van der Waals surface area contributed by atoms with Gasteiger partial charge in [0.1, 0.15) is 11.7 Å². The third-order valence-electron chi connectivity index (χ3n) is 8.52. The molecular weight excluding hydrogens is 525 g/mol. The quantitative estimate of drug-likeness (QED) is 0.238. The third kappa shape index (κ3) is 5.79. The number of aromatic nitrogens is 2. The summed E-state index contributed by atoms with van der Waals surface area (Å²) in [4.78, 5) is 18.8. The molecule has 0 radical (unpaired) electrons. The molecule has 1 aliphatic carbocycles. The summed E-state index contributed by atoms with van der Waals surface area (Å²) in [5.74, 6) is 1.95. The molecule has 0 spiro atoms. The van der Waals surface area contributed by atoms with Gasteiger partial charge in [-0.3, -0.25) is 4.90 Å². The summed E-state index contributed by atoms with van der Waals surface area (Å²) < 4.78 is 2.26. The van der Waals surface area contributed by atoms with Crippen LogP contribution in [-0.4, -0.2) is 53.0 Å². The Bertz CT molecular complexity index is 1380. The van der Waals surface area contributed by atoms with E-state index >= 15 is 0 Å². The number of imidazole rings is 1. The highest BCUT2D eigenvalue weighted by Crippen LogP contribution is 2.38. The lowest BCUT2D eigenvalue weighted by Crippen LogP contribution is -2.36. The predicted octanol–water partition coefficient (Wildman–Crippen LogP) is 6.62. The van der Waals surface area contributed by atoms with Crippen molar-refractivity contribution in [1.29, 1.82) is 0 Å². The van der Waals surface area contributed by atoms with Crippen molar-refractivity contribution in [2.24, 2.45) is 18.9 Å². The van der Waals surface area contributed by atoms with Crippen LogP contribution in [0.3, 0.4) is 0 Å². The van der Waals surface area contributed by atoms with Gasteiger partial charge in [-0.05, 0) is 68.4 Å². The lowest BCUT2D eigenvalue weighted by atomic mass is 9.82. The molecule has 1 aliphatic heterocycles. The lowest BCUT2D eigenvalue weighted by Gasteiger charge is -2.33. The first-order valence-corrected chi connectivity index (χ1v) is 15.7. The van der Waals surface area contributed by atoms with Crippen molar-refractivity contribution in [3.8, 4) is 11.1 Å². The third-order valence-corrected chi connectivity index (χ3v) is 9.68.